The average Bonchev–Trinajstić information content (AvgIpc) is 2.25. The monoisotopic (exact) mass is 300 g/mol. The van der Waals surface area contributed by atoms with Crippen molar-refractivity contribution in [1.29, 1.82) is 0 Å². The Bertz CT molecular complexity index is 335. The smallest absolute Gasteiger partial charge is 0.0963 e. The van der Waals surface area contributed by atoms with Crippen LogP contribution in [0.2, 0.25) is 0 Å². The molecule has 1 aromatic rings. The highest BCUT2D eigenvalue weighted by molar-refractivity contribution is 9.10. The molecule has 0 bridgehead atoms. The van der Waals surface area contributed by atoms with Crippen LogP contribution in [-0.4, -0.2) is 23.3 Å². The van der Waals surface area contributed by atoms with Gasteiger partial charge in [0, 0.05) is 29.0 Å². The molecule has 16 heavy (non-hydrogen) atoms. The zero-order chi connectivity index (χ0) is 12.0. The summed E-state index contributed by atoms with van der Waals surface area (Å²) in [7, 11) is 0. The minimum atomic E-state index is 0.507. The summed E-state index contributed by atoms with van der Waals surface area (Å²) in [5, 5.41) is 4.39. The van der Waals surface area contributed by atoms with Crippen molar-refractivity contribution in [2.75, 3.05) is 12.3 Å². The molecule has 0 aliphatic heterocycles. The summed E-state index contributed by atoms with van der Waals surface area (Å²) in [5.74, 6) is 0.911. The fourth-order valence-corrected chi connectivity index (χ4v) is 2.00. The number of hydrogen-bond donors (Lipinski definition) is 1. The summed E-state index contributed by atoms with van der Waals surface area (Å²) in [6.07, 6.45) is 1.82. The van der Waals surface area contributed by atoms with Crippen LogP contribution in [0.25, 0.3) is 0 Å². The van der Waals surface area contributed by atoms with Crippen LogP contribution >= 0.6 is 27.7 Å². The van der Waals surface area contributed by atoms with E-state index < -0.39 is 0 Å². The number of rotatable bonds is 6. The van der Waals surface area contributed by atoms with Crippen LogP contribution in [0.5, 0.6) is 0 Å². The van der Waals surface area contributed by atoms with Gasteiger partial charge < -0.3 is 5.32 Å². The first-order valence-electron chi connectivity index (χ1n) is 5.22. The molecule has 0 saturated carbocycles. The second-order valence-electron chi connectivity index (χ2n) is 3.89. The highest BCUT2D eigenvalue weighted by Gasteiger charge is 1.99. The van der Waals surface area contributed by atoms with E-state index in [1.165, 1.54) is 5.57 Å². The summed E-state index contributed by atoms with van der Waals surface area (Å²) >= 11 is 5.08. The normalized spacial score (nSPS) is 10.8. The molecule has 0 amide bonds. The van der Waals surface area contributed by atoms with Gasteiger partial charge in [-0.25, -0.2) is 4.98 Å². The van der Waals surface area contributed by atoms with Crippen molar-refractivity contribution >= 4 is 27.7 Å². The Morgan fingerprint density at radius 3 is 2.88 bits per heavy atom. The zero-order valence-corrected chi connectivity index (χ0v) is 12.1. The van der Waals surface area contributed by atoms with E-state index in [0.29, 0.717) is 6.04 Å². The van der Waals surface area contributed by atoms with E-state index in [4.69, 9.17) is 0 Å². The summed E-state index contributed by atoms with van der Waals surface area (Å²) in [6, 6.07) is 4.52. The van der Waals surface area contributed by atoms with Crippen molar-refractivity contribution in [1.82, 2.24) is 10.3 Å². The predicted molar refractivity (Wildman–Crippen MR) is 74.9 cm³/mol. The van der Waals surface area contributed by atoms with Gasteiger partial charge in [0.25, 0.3) is 0 Å². The third kappa shape index (κ3) is 5.68. The molecular weight excluding hydrogens is 284 g/mol. The van der Waals surface area contributed by atoms with Gasteiger partial charge >= 0.3 is 0 Å². The van der Waals surface area contributed by atoms with Gasteiger partial charge in [-0.1, -0.05) is 26.0 Å². The van der Waals surface area contributed by atoms with Crippen LogP contribution in [0.4, 0.5) is 0 Å². The van der Waals surface area contributed by atoms with Gasteiger partial charge in [0.05, 0.1) is 5.03 Å². The van der Waals surface area contributed by atoms with E-state index in [2.05, 4.69) is 46.7 Å². The summed E-state index contributed by atoms with van der Waals surface area (Å²) < 4.78 is 1.01. The van der Waals surface area contributed by atoms with Crippen molar-refractivity contribution in [3.8, 4) is 0 Å². The molecule has 0 saturated heterocycles. The van der Waals surface area contributed by atoms with E-state index >= 15 is 0 Å². The molecule has 1 aromatic heterocycles. The molecule has 0 atom stereocenters. The largest absolute Gasteiger partial charge is 0.311 e. The minimum Gasteiger partial charge on any atom is -0.311 e. The van der Waals surface area contributed by atoms with E-state index in [0.717, 1.165) is 21.8 Å². The lowest BCUT2D eigenvalue weighted by Gasteiger charge is -2.09. The molecule has 1 rings (SSSR count). The predicted octanol–water partition coefficient (Wildman–Crippen LogP) is 3.49. The Balaban J connectivity index is 2.29. The first kappa shape index (κ1) is 13.7. The fraction of sp³-hybridized carbons (Fsp3) is 0.417. The van der Waals surface area contributed by atoms with Gasteiger partial charge in [-0.05, 0) is 28.1 Å². The second kappa shape index (κ2) is 7.09. The summed E-state index contributed by atoms with van der Waals surface area (Å²) in [6.45, 7) is 9.19. The number of aromatic nitrogens is 1. The van der Waals surface area contributed by atoms with Crippen molar-refractivity contribution in [3.63, 3.8) is 0 Å². The molecule has 0 unspecified atom stereocenters. The molecule has 0 aromatic carbocycles. The fourth-order valence-electron chi connectivity index (χ4n) is 1.02. The topological polar surface area (TPSA) is 24.9 Å². The molecule has 0 fully saturated rings. The molecule has 4 heteroatoms. The average molecular weight is 301 g/mol. The van der Waals surface area contributed by atoms with Gasteiger partial charge in [0.2, 0.25) is 0 Å². The quantitative estimate of drug-likeness (QED) is 0.643. The first-order chi connectivity index (χ1) is 7.58. The SMILES string of the molecule is C=C(CNC(C)C)CSc1ccc(Br)cn1. The van der Waals surface area contributed by atoms with Gasteiger partial charge in [-0.3, -0.25) is 0 Å². The summed E-state index contributed by atoms with van der Waals surface area (Å²) in [4.78, 5) is 4.30. The van der Waals surface area contributed by atoms with E-state index in [-0.39, 0.29) is 0 Å². The Kier molecular flexibility index (Phi) is 6.09. The number of nitrogens with zero attached hydrogens (tertiary/aromatic N) is 1. The molecule has 88 valence electrons. The maximum absolute atomic E-state index is 4.30. The maximum Gasteiger partial charge on any atom is 0.0963 e. The van der Waals surface area contributed by atoms with E-state index in [1.807, 2.05) is 18.3 Å². The van der Waals surface area contributed by atoms with Crippen molar-refractivity contribution < 1.29 is 0 Å². The van der Waals surface area contributed by atoms with E-state index in [1.54, 1.807) is 11.8 Å². The lowest BCUT2D eigenvalue weighted by molar-refractivity contribution is 0.623. The van der Waals surface area contributed by atoms with Gasteiger partial charge in [0.1, 0.15) is 0 Å². The molecule has 1 heterocycles. The Hall–Kier alpha value is -0.320. The van der Waals surface area contributed by atoms with Crippen LogP contribution in [0.15, 0.2) is 40.0 Å². The number of thioether (sulfide) groups is 1. The molecule has 0 aliphatic rings. The highest BCUT2D eigenvalue weighted by atomic mass is 79.9. The Morgan fingerprint density at radius 2 is 2.31 bits per heavy atom. The van der Waals surface area contributed by atoms with Crippen LogP contribution in [0.3, 0.4) is 0 Å². The molecule has 0 radical (unpaired) electrons. The van der Waals surface area contributed by atoms with Crippen LogP contribution in [0.1, 0.15) is 13.8 Å². The second-order valence-corrected chi connectivity index (χ2v) is 5.80. The standard InChI is InChI=1S/C12H17BrN2S/c1-9(2)14-6-10(3)8-16-12-5-4-11(13)7-15-12/h4-5,7,9,14H,3,6,8H2,1-2H3. The molecule has 2 nitrogen and oxygen atoms in total. The third-order valence-corrected chi connectivity index (χ3v) is 3.44. The van der Waals surface area contributed by atoms with Crippen LogP contribution in [0, 0.1) is 0 Å². The molecule has 0 spiro atoms. The Labute approximate surface area is 110 Å². The van der Waals surface area contributed by atoms with Gasteiger partial charge in [-0.15, -0.1) is 11.8 Å². The summed E-state index contributed by atoms with van der Waals surface area (Å²) in [5.41, 5.74) is 1.20. The van der Waals surface area contributed by atoms with Crippen LogP contribution < -0.4 is 5.32 Å². The number of hydrogen-bond acceptors (Lipinski definition) is 3. The number of halogens is 1. The molecular formula is C12H17BrN2S. The molecule has 1 N–H and O–H groups in total. The molecule has 0 aliphatic carbocycles. The minimum absolute atomic E-state index is 0.507. The van der Waals surface area contributed by atoms with Crippen molar-refractivity contribution in [3.05, 3.63) is 35.0 Å². The van der Waals surface area contributed by atoms with Crippen molar-refractivity contribution in [2.24, 2.45) is 0 Å². The first-order valence-corrected chi connectivity index (χ1v) is 7.00. The van der Waals surface area contributed by atoms with Crippen LogP contribution in [-0.2, 0) is 0 Å². The number of nitrogens with one attached hydrogen (secondary N) is 1. The van der Waals surface area contributed by atoms with Crippen molar-refractivity contribution in [2.45, 2.75) is 24.9 Å². The lowest BCUT2D eigenvalue weighted by atomic mass is 10.3. The third-order valence-electron chi connectivity index (χ3n) is 1.88. The lowest BCUT2D eigenvalue weighted by Crippen LogP contribution is -2.25. The maximum atomic E-state index is 4.30. The van der Waals surface area contributed by atoms with E-state index in [9.17, 15) is 0 Å². The highest BCUT2D eigenvalue weighted by Crippen LogP contribution is 2.19. The Morgan fingerprint density at radius 1 is 1.56 bits per heavy atom. The van der Waals surface area contributed by atoms with Gasteiger partial charge in [-0.2, -0.15) is 0 Å². The van der Waals surface area contributed by atoms with Gasteiger partial charge in [0.15, 0.2) is 0 Å². The number of pyridine rings is 1. The zero-order valence-electron chi connectivity index (χ0n) is 9.66.